The fraction of sp³-hybridized carbons (Fsp3) is 0.444. The number of primary amides is 1. The van der Waals surface area contributed by atoms with E-state index in [-0.39, 0.29) is 5.91 Å². The van der Waals surface area contributed by atoms with E-state index in [0.717, 1.165) is 24.3 Å². The van der Waals surface area contributed by atoms with E-state index in [1.165, 1.54) is 0 Å². The van der Waals surface area contributed by atoms with Gasteiger partial charge in [-0.3, -0.25) is 10.1 Å². The monoisotopic (exact) mass is 196 g/mol. The Kier molecular flexibility index (Phi) is 2.09. The molecular weight excluding hydrogens is 184 g/mol. The van der Waals surface area contributed by atoms with Crippen molar-refractivity contribution in [3.63, 3.8) is 0 Å². The molecule has 3 N–H and O–H groups in total. The molecule has 1 atom stereocenters. The number of rotatable bonds is 2. The smallest absolute Gasteiger partial charge is 0.243 e. The largest absolute Gasteiger partial charge is 0.368 e. The lowest BCUT2D eigenvalue weighted by molar-refractivity contribution is -0.124. The Balaban J connectivity index is 2.39. The molecule has 0 aliphatic carbocycles. The van der Waals surface area contributed by atoms with Crippen LogP contribution in [-0.2, 0) is 10.3 Å². The summed E-state index contributed by atoms with van der Waals surface area (Å²) in [6.07, 6.45) is 1.84. The Morgan fingerprint density at radius 3 is 3.00 bits per heavy atom. The summed E-state index contributed by atoms with van der Waals surface area (Å²) < 4.78 is 0. The molecule has 3 nitrogen and oxygen atoms in total. The maximum absolute atomic E-state index is 11.4. The average Bonchev–Trinajstić information content (AvgIpc) is 2.75. The van der Waals surface area contributed by atoms with Crippen LogP contribution in [0.15, 0.2) is 17.5 Å². The van der Waals surface area contributed by atoms with E-state index in [0.29, 0.717) is 0 Å². The minimum atomic E-state index is -0.575. The number of hydrogen-bond acceptors (Lipinski definition) is 3. The van der Waals surface area contributed by atoms with Gasteiger partial charge in [0.25, 0.3) is 0 Å². The summed E-state index contributed by atoms with van der Waals surface area (Å²) in [6.45, 7) is 0.876. The first-order valence-corrected chi connectivity index (χ1v) is 5.22. The Hall–Kier alpha value is -0.870. The molecule has 13 heavy (non-hydrogen) atoms. The predicted octanol–water partition coefficient (Wildman–Crippen LogP) is 0.812. The Morgan fingerprint density at radius 1 is 1.69 bits per heavy atom. The van der Waals surface area contributed by atoms with Crippen LogP contribution in [0.2, 0.25) is 0 Å². The number of hydrogen-bond donors (Lipinski definition) is 2. The lowest BCUT2D eigenvalue weighted by Crippen LogP contribution is -2.48. The Labute approximate surface area is 80.9 Å². The van der Waals surface area contributed by atoms with Crippen LogP contribution in [0.4, 0.5) is 0 Å². The van der Waals surface area contributed by atoms with Crippen LogP contribution in [0, 0.1) is 0 Å². The van der Waals surface area contributed by atoms with E-state index in [4.69, 9.17) is 5.73 Å². The molecule has 0 radical (unpaired) electrons. The average molecular weight is 196 g/mol. The zero-order valence-electron chi connectivity index (χ0n) is 7.25. The minimum Gasteiger partial charge on any atom is -0.368 e. The molecule has 0 unspecified atom stereocenters. The van der Waals surface area contributed by atoms with Gasteiger partial charge in [0.05, 0.1) is 0 Å². The molecule has 1 aliphatic heterocycles. The zero-order chi connectivity index (χ0) is 9.31. The van der Waals surface area contributed by atoms with E-state index >= 15 is 0 Å². The first kappa shape index (κ1) is 8.72. The van der Waals surface area contributed by atoms with Gasteiger partial charge in [0.2, 0.25) is 5.91 Å². The second kappa shape index (κ2) is 3.12. The van der Waals surface area contributed by atoms with Crippen LogP contribution in [-0.4, -0.2) is 12.5 Å². The molecule has 70 valence electrons. The quantitative estimate of drug-likeness (QED) is 0.735. The van der Waals surface area contributed by atoms with Crippen LogP contribution < -0.4 is 11.1 Å². The summed E-state index contributed by atoms with van der Waals surface area (Å²) in [7, 11) is 0. The fourth-order valence-electron chi connectivity index (χ4n) is 1.81. The fourth-order valence-corrected chi connectivity index (χ4v) is 2.74. The van der Waals surface area contributed by atoms with Gasteiger partial charge in [0.1, 0.15) is 5.54 Å². The SMILES string of the molecule is NC(=O)[C@]1(c2cccs2)CCCN1. The highest BCUT2D eigenvalue weighted by Gasteiger charge is 2.41. The van der Waals surface area contributed by atoms with Gasteiger partial charge in [-0.15, -0.1) is 11.3 Å². The highest BCUT2D eigenvalue weighted by atomic mass is 32.1. The van der Waals surface area contributed by atoms with Crippen LogP contribution in [0.1, 0.15) is 17.7 Å². The van der Waals surface area contributed by atoms with Gasteiger partial charge in [0.15, 0.2) is 0 Å². The van der Waals surface area contributed by atoms with Crippen molar-refractivity contribution in [2.75, 3.05) is 6.54 Å². The minimum absolute atomic E-state index is 0.257. The van der Waals surface area contributed by atoms with Gasteiger partial charge in [-0.1, -0.05) is 6.07 Å². The molecule has 4 heteroatoms. The Bertz CT molecular complexity index is 301. The van der Waals surface area contributed by atoms with Crippen LogP contribution >= 0.6 is 11.3 Å². The van der Waals surface area contributed by atoms with Gasteiger partial charge in [-0.05, 0) is 30.8 Å². The van der Waals surface area contributed by atoms with Crippen molar-refractivity contribution in [1.82, 2.24) is 5.32 Å². The van der Waals surface area contributed by atoms with Crippen molar-refractivity contribution in [2.24, 2.45) is 5.73 Å². The van der Waals surface area contributed by atoms with Gasteiger partial charge >= 0.3 is 0 Å². The zero-order valence-corrected chi connectivity index (χ0v) is 8.06. The molecule has 2 rings (SSSR count). The van der Waals surface area contributed by atoms with Gasteiger partial charge in [0, 0.05) is 4.88 Å². The molecule has 1 saturated heterocycles. The number of carbonyl (C=O) groups excluding carboxylic acids is 1. The molecule has 1 amide bonds. The summed E-state index contributed by atoms with van der Waals surface area (Å²) in [5, 5.41) is 5.18. The molecule has 2 heterocycles. The molecule has 0 bridgehead atoms. The predicted molar refractivity (Wildman–Crippen MR) is 52.4 cm³/mol. The van der Waals surface area contributed by atoms with E-state index in [1.807, 2.05) is 17.5 Å². The maximum Gasteiger partial charge on any atom is 0.243 e. The van der Waals surface area contributed by atoms with Crippen LogP contribution in [0.3, 0.4) is 0 Å². The van der Waals surface area contributed by atoms with Gasteiger partial charge in [-0.2, -0.15) is 0 Å². The molecule has 1 aromatic rings. The van der Waals surface area contributed by atoms with Crippen molar-refractivity contribution in [1.29, 1.82) is 0 Å². The third kappa shape index (κ3) is 1.26. The van der Waals surface area contributed by atoms with Crippen molar-refractivity contribution in [2.45, 2.75) is 18.4 Å². The van der Waals surface area contributed by atoms with E-state index < -0.39 is 5.54 Å². The summed E-state index contributed by atoms with van der Waals surface area (Å²) in [5.41, 5.74) is 4.85. The van der Waals surface area contributed by atoms with E-state index in [9.17, 15) is 4.79 Å². The number of thiophene rings is 1. The first-order chi connectivity index (χ1) is 6.26. The number of nitrogens with one attached hydrogen (secondary N) is 1. The molecule has 0 saturated carbocycles. The molecule has 1 aliphatic rings. The number of amides is 1. The standard InChI is InChI=1S/C9H12N2OS/c10-8(12)9(4-2-5-11-9)7-3-1-6-13-7/h1,3,6,11H,2,4-5H2,(H2,10,12)/t9-/m1/s1. The highest BCUT2D eigenvalue weighted by molar-refractivity contribution is 7.10. The number of carbonyl (C=O) groups is 1. The topological polar surface area (TPSA) is 55.1 Å². The first-order valence-electron chi connectivity index (χ1n) is 4.35. The summed E-state index contributed by atoms with van der Waals surface area (Å²) in [4.78, 5) is 12.4. The summed E-state index contributed by atoms with van der Waals surface area (Å²) in [6, 6.07) is 3.92. The Morgan fingerprint density at radius 2 is 2.54 bits per heavy atom. The van der Waals surface area contributed by atoms with Crippen molar-refractivity contribution in [3.8, 4) is 0 Å². The lowest BCUT2D eigenvalue weighted by Gasteiger charge is -2.23. The van der Waals surface area contributed by atoms with Gasteiger partial charge < -0.3 is 5.73 Å². The third-order valence-electron chi connectivity index (χ3n) is 2.52. The van der Waals surface area contributed by atoms with Crippen molar-refractivity contribution >= 4 is 17.2 Å². The van der Waals surface area contributed by atoms with Gasteiger partial charge in [-0.25, -0.2) is 0 Å². The second-order valence-corrected chi connectivity index (χ2v) is 4.22. The van der Waals surface area contributed by atoms with E-state index in [1.54, 1.807) is 11.3 Å². The maximum atomic E-state index is 11.4. The lowest BCUT2D eigenvalue weighted by atomic mass is 9.95. The molecule has 0 spiro atoms. The highest BCUT2D eigenvalue weighted by Crippen LogP contribution is 2.33. The van der Waals surface area contributed by atoms with Crippen molar-refractivity contribution in [3.05, 3.63) is 22.4 Å². The summed E-state index contributed by atoms with van der Waals surface area (Å²) in [5.74, 6) is -0.257. The van der Waals surface area contributed by atoms with Crippen molar-refractivity contribution < 1.29 is 4.79 Å². The molecule has 0 aromatic carbocycles. The third-order valence-corrected chi connectivity index (χ3v) is 3.55. The molecule has 1 fully saturated rings. The van der Waals surface area contributed by atoms with Crippen LogP contribution in [0.25, 0.3) is 0 Å². The number of nitrogens with two attached hydrogens (primary N) is 1. The summed E-state index contributed by atoms with van der Waals surface area (Å²) >= 11 is 1.58. The van der Waals surface area contributed by atoms with E-state index in [2.05, 4.69) is 5.32 Å². The van der Waals surface area contributed by atoms with Crippen LogP contribution in [0.5, 0.6) is 0 Å². The molecule has 1 aromatic heterocycles. The second-order valence-electron chi connectivity index (χ2n) is 3.28. The molecular formula is C9H12N2OS. The normalized spacial score (nSPS) is 27.7.